The van der Waals surface area contributed by atoms with Crippen molar-refractivity contribution < 1.29 is 14.6 Å². The Labute approximate surface area is 134 Å². The van der Waals surface area contributed by atoms with Crippen LogP contribution in [0.4, 0.5) is 0 Å². The highest BCUT2D eigenvalue weighted by atomic mass is 16.5. The molecule has 2 heterocycles. The number of piperidine rings is 1. The number of likely N-dealkylation sites (tertiary alicyclic amines) is 1. The smallest absolute Gasteiger partial charge is 0.256 e. The van der Waals surface area contributed by atoms with Crippen molar-refractivity contribution in [2.75, 3.05) is 13.1 Å². The Bertz CT molecular complexity index is 636. The highest BCUT2D eigenvalue weighted by molar-refractivity contribution is 5.82. The van der Waals surface area contributed by atoms with Gasteiger partial charge in [-0.2, -0.15) is 0 Å². The standard InChI is InChI=1S/C17H19N3O3/c21-16(13-5-2-1-3-6-13)17(22)20-10-4-7-14(11-20)23-15-8-9-18-12-19-15/h1-3,5-6,8-9,12,14,16,21H,4,7,10-11H2. The number of aliphatic hydroxyl groups is 1. The van der Waals surface area contributed by atoms with Gasteiger partial charge in [0.2, 0.25) is 5.88 Å². The lowest BCUT2D eigenvalue weighted by molar-refractivity contribution is -0.143. The van der Waals surface area contributed by atoms with Crippen molar-refractivity contribution in [3.8, 4) is 5.88 Å². The number of aromatic nitrogens is 2. The molecule has 2 aromatic rings. The van der Waals surface area contributed by atoms with Gasteiger partial charge in [-0.3, -0.25) is 4.79 Å². The molecule has 6 nitrogen and oxygen atoms in total. The number of carbonyl (C=O) groups is 1. The zero-order valence-corrected chi connectivity index (χ0v) is 12.7. The molecule has 23 heavy (non-hydrogen) atoms. The van der Waals surface area contributed by atoms with Gasteiger partial charge in [0.05, 0.1) is 6.54 Å². The van der Waals surface area contributed by atoms with E-state index in [9.17, 15) is 9.90 Å². The number of ether oxygens (including phenoxy) is 1. The fourth-order valence-corrected chi connectivity index (χ4v) is 2.70. The highest BCUT2D eigenvalue weighted by Crippen LogP contribution is 2.21. The van der Waals surface area contributed by atoms with Crippen molar-refractivity contribution in [3.63, 3.8) is 0 Å². The maximum Gasteiger partial charge on any atom is 0.256 e. The third kappa shape index (κ3) is 3.84. The normalized spacial score (nSPS) is 19.2. The van der Waals surface area contributed by atoms with E-state index in [1.807, 2.05) is 18.2 Å². The SMILES string of the molecule is O=C(C(O)c1ccccc1)N1CCCC(Oc2ccncn2)C1. The van der Waals surface area contributed by atoms with Crippen molar-refractivity contribution >= 4 is 5.91 Å². The summed E-state index contributed by atoms with van der Waals surface area (Å²) in [5.41, 5.74) is 0.608. The van der Waals surface area contributed by atoms with Crippen LogP contribution in [0.1, 0.15) is 24.5 Å². The Balaban J connectivity index is 1.63. The van der Waals surface area contributed by atoms with Crippen LogP contribution in [0.2, 0.25) is 0 Å². The fraction of sp³-hybridized carbons (Fsp3) is 0.353. The highest BCUT2D eigenvalue weighted by Gasteiger charge is 2.29. The van der Waals surface area contributed by atoms with Crippen LogP contribution in [0.5, 0.6) is 5.88 Å². The Morgan fingerprint density at radius 2 is 2.13 bits per heavy atom. The van der Waals surface area contributed by atoms with Crippen LogP contribution in [0.25, 0.3) is 0 Å². The van der Waals surface area contributed by atoms with E-state index >= 15 is 0 Å². The molecule has 1 amide bonds. The maximum absolute atomic E-state index is 12.5. The van der Waals surface area contributed by atoms with Crippen molar-refractivity contribution in [2.24, 2.45) is 0 Å². The van der Waals surface area contributed by atoms with E-state index in [2.05, 4.69) is 9.97 Å². The first-order chi connectivity index (χ1) is 11.2. The van der Waals surface area contributed by atoms with E-state index in [0.717, 1.165) is 12.8 Å². The molecule has 1 aromatic carbocycles. The molecule has 6 heteroatoms. The van der Waals surface area contributed by atoms with Crippen LogP contribution >= 0.6 is 0 Å². The molecule has 2 atom stereocenters. The lowest BCUT2D eigenvalue weighted by Crippen LogP contribution is -2.46. The van der Waals surface area contributed by atoms with Crippen molar-refractivity contribution in [2.45, 2.75) is 25.0 Å². The van der Waals surface area contributed by atoms with Gasteiger partial charge in [0.25, 0.3) is 5.91 Å². The van der Waals surface area contributed by atoms with Crippen LogP contribution in [-0.2, 0) is 4.79 Å². The third-order valence-corrected chi connectivity index (χ3v) is 3.88. The molecule has 1 N–H and O–H groups in total. The molecule has 0 aliphatic carbocycles. The predicted octanol–water partition coefficient (Wildman–Crippen LogP) is 1.58. The van der Waals surface area contributed by atoms with Gasteiger partial charge in [0, 0.05) is 18.8 Å². The number of aliphatic hydroxyl groups excluding tert-OH is 1. The van der Waals surface area contributed by atoms with Gasteiger partial charge in [-0.25, -0.2) is 9.97 Å². The second kappa shape index (κ2) is 7.19. The summed E-state index contributed by atoms with van der Waals surface area (Å²) in [5, 5.41) is 10.3. The Kier molecular flexibility index (Phi) is 4.83. The monoisotopic (exact) mass is 313 g/mol. The molecule has 1 aliphatic heterocycles. The second-order valence-electron chi connectivity index (χ2n) is 5.53. The minimum atomic E-state index is -1.13. The first kappa shape index (κ1) is 15.4. The topological polar surface area (TPSA) is 75.5 Å². The molecule has 1 aromatic heterocycles. The van der Waals surface area contributed by atoms with Gasteiger partial charge in [-0.1, -0.05) is 30.3 Å². The number of rotatable bonds is 4. The van der Waals surface area contributed by atoms with E-state index in [1.165, 1.54) is 6.33 Å². The predicted molar refractivity (Wildman–Crippen MR) is 83.7 cm³/mol. The van der Waals surface area contributed by atoms with E-state index in [4.69, 9.17) is 4.74 Å². The van der Waals surface area contributed by atoms with Crippen molar-refractivity contribution in [3.05, 3.63) is 54.5 Å². The lowest BCUT2D eigenvalue weighted by Gasteiger charge is -2.33. The molecule has 120 valence electrons. The van der Waals surface area contributed by atoms with Gasteiger partial charge in [0.15, 0.2) is 6.10 Å². The van der Waals surface area contributed by atoms with Crippen LogP contribution in [0.3, 0.4) is 0 Å². The summed E-state index contributed by atoms with van der Waals surface area (Å²) in [7, 11) is 0. The number of benzene rings is 1. The molecule has 1 saturated heterocycles. The molecular formula is C17H19N3O3. The molecule has 0 spiro atoms. The van der Waals surface area contributed by atoms with Crippen LogP contribution in [-0.4, -0.2) is 45.1 Å². The minimum absolute atomic E-state index is 0.120. The summed E-state index contributed by atoms with van der Waals surface area (Å²) >= 11 is 0. The van der Waals surface area contributed by atoms with Gasteiger partial charge in [-0.05, 0) is 18.4 Å². The van der Waals surface area contributed by atoms with Gasteiger partial charge >= 0.3 is 0 Å². The van der Waals surface area contributed by atoms with Gasteiger partial charge in [0.1, 0.15) is 12.4 Å². The molecule has 1 fully saturated rings. The van der Waals surface area contributed by atoms with Gasteiger partial charge < -0.3 is 14.7 Å². The van der Waals surface area contributed by atoms with E-state index in [0.29, 0.717) is 24.5 Å². The molecule has 2 unspecified atom stereocenters. The average molecular weight is 313 g/mol. The summed E-state index contributed by atoms with van der Waals surface area (Å²) in [5.74, 6) is 0.218. The van der Waals surface area contributed by atoms with Crippen LogP contribution in [0, 0.1) is 0 Å². The zero-order valence-electron chi connectivity index (χ0n) is 12.7. The number of hydrogen-bond acceptors (Lipinski definition) is 5. The molecule has 0 saturated carbocycles. The Hall–Kier alpha value is -2.47. The summed E-state index contributed by atoms with van der Waals surface area (Å²) < 4.78 is 5.79. The van der Waals surface area contributed by atoms with E-state index in [-0.39, 0.29) is 12.0 Å². The summed E-state index contributed by atoms with van der Waals surface area (Å²) in [6.07, 6.45) is 3.49. The molecule has 3 rings (SSSR count). The van der Waals surface area contributed by atoms with Crippen molar-refractivity contribution in [1.29, 1.82) is 0 Å². The lowest BCUT2D eigenvalue weighted by atomic mass is 10.0. The first-order valence-corrected chi connectivity index (χ1v) is 7.68. The number of carbonyl (C=O) groups excluding carboxylic acids is 1. The summed E-state index contributed by atoms with van der Waals surface area (Å²) in [6, 6.07) is 10.7. The Morgan fingerprint density at radius 1 is 1.30 bits per heavy atom. The second-order valence-corrected chi connectivity index (χ2v) is 5.53. The summed E-state index contributed by atoms with van der Waals surface area (Å²) in [6.45, 7) is 1.08. The van der Waals surface area contributed by atoms with E-state index in [1.54, 1.807) is 29.3 Å². The minimum Gasteiger partial charge on any atom is -0.472 e. The fourth-order valence-electron chi connectivity index (χ4n) is 2.70. The largest absolute Gasteiger partial charge is 0.472 e. The molecular weight excluding hydrogens is 294 g/mol. The first-order valence-electron chi connectivity index (χ1n) is 7.68. The molecule has 1 aliphatic rings. The maximum atomic E-state index is 12.5. The number of nitrogens with zero attached hydrogens (tertiary/aromatic N) is 3. The van der Waals surface area contributed by atoms with Crippen LogP contribution in [0.15, 0.2) is 48.9 Å². The zero-order chi connectivity index (χ0) is 16.1. The van der Waals surface area contributed by atoms with Crippen LogP contribution < -0.4 is 4.74 Å². The van der Waals surface area contributed by atoms with Gasteiger partial charge in [-0.15, -0.1) is 0 Å². The van der Waals surface area contributed by atoms with E-state index < -0.39 is 6.10 Å². The van der Waals surface area contributed by atoms with Crippen molar-refractivity contribution in [1.82, 2.24) is 14.9 Å². The number of hydrogen-bond donors (Lipinski definition) is 1. The number of amides is 1. The molecule has 0 bridgehead atoms. The molecule has 0 radical (unpaired) electrons. The summed E-state index contributed by atoms with van der Waals surface area (Å²) in [4.78, 5) is 22.0. The Morgan fingerprint density at radius 3 is 2.87 bits per heavy atom. The quantitative estimate of drug-likeness (QED) is 0.927. The third-order valence-electron chi connectivity index (χ3n) is 3.88. The average Bonchev–Trinajstić information content (AvgIpc) is 2.62.